The van der Waals surface area contributed by atoms with Gasteiger partial charge in [-0.25, -0.2) is 9.37 Å². The molecule has 0 saturated heterocycles. The van der Waals surface area contributed by atoms with Crippen LogP contribution in [0.2, 0.25) is 0 Å². The van der Waals surface area contributed by atoms with Crippen LogP contribution in [0.1, 0.15) is 16.2 Å². The van der Waals surface area contributed by atoms with Gasteiger partial charge in [-0.2, -0.15) is 0 Å². The molecule has 0 bridgehead atoms. The number of aromatic nitrogens is 4. The maximum Gasteiger partial charge on any atom is 0.254 e. The van der Waals surface area contributed by atoms with E-state index in [0.29, 0.717) is 25.2 Å². The molecule has 4 heterocycles. The van der Waals surface area contributed by atoms with E-state index < -0.39 is 0 Å². The second-order valence-corrected chi connectivity index (χ2v) is 8.11. The maximum atomic E-state index is 13.1. The van der Waals surface area contributed by atoms with Gasteiger partial charge in [-0.3, -0.25) is 4.79 Å². The number of halogens is 1. The first-order valence-corrected chi connectivity index (χ1v) is 9.70. The lowest BCUT2D eigenvalue weighted by Gasteiger charge is -2.27. The molecule has 0 spiro atoms. The Kier molecular flexibility index (Phi) is 3.57. The molecule has 0 saturated carbocycles. The number of rotatable bonds is 2. The molecule has 130 valence electrons. The summed E-state index contributed by atoms with van der Waals surface area (Å²) in [7, 11) is 0. The highest BCUT2D eigenvalue weighted by Gasteiger charge is 2.26. The second kappa shape index (κ2) is 5.96. The molecule has 1 aliphatic heterocycles. The van der Waals surface area contributed by atoms with Gasteiger partial charge >= 0.3 is 0 Å². The summed E-state index contributed by atoms with van der Waals surface area (Å²) in [6.45, 7) is 1.54. The minimum Gasteiger partial charge on any atom is -0.329 e. The molecule has 3 aromatic heterocycles. The highest BCUT2D eigenvalue weighted by molar-refractivity contribution is 7.38. The summed E-state index contributed by atoms with van der Waals surface area (Å²) in [5, 5.41) is 11.4. The predicted octanol–water partition coefficient (Wildman–Crippen LogP) is 3.41. The highest BCUT2D eigenvalue weighted by atomic mass is 32.2. The third-order valence-corrected chi connectivity index (χ3v) is 6.44. The van der Waals surface area contributed by atoms with E-state index in [2.05, 4.69) is 15.2 Å². The number of thiazole rings is 1. The topological polar surface area (TPSA) is 63.9 Å². The van der Waals surface area contributed by atoms with Gasteiger partial charge in [0.15, 0.2) is 16.7 Å². The van der Waals surface area contributed by atoms with E-state index in [1.807, 2.05) is 16.0 Å². The number of hydrogen-bond acceptors (Lipinski definition) is 6. The summed E-state index contributed by atoms with van der Waals surface area (Å²) in [6.07, 6.45) is 0. The Labute approximate surface area is 155 Å². The summed E-state index contributed by atoms with van der Waals surface area (Å²) < 4.78 is 16.2. The van der Waals surface area contributed by atoms with Crippen LogP contribution in [0.5, 0.6) is 0 Å². The third-order valence-electron chi connectivity index (χ3n) is 4.34. The quantitative estimate of drug-likeness (QED) is 0.530. The zero-order valence-electron chi connectivity index (χ0n) is 13.4. The fraction of sp³-hybridized carbons (Fsp3) is 0.176. The van der Waals surface area contributed by atoms with Crippen LogP contribution in [-0.2, 0) is 13.1 Å². The summed E-state index contributed by atoms with van der Waals surface area (Å²) >= 11 is 3.27. The largest absolute Gasteiger partial charge is 0.329 e. The Bertz CT molecular complexity index is 1090. The average Bonchev–Trinajstić information content (AvgIpc) is 3.35. The van der Waals surface area contributed by atoms with Gasteiger partial charge in [-0.15, -0.1) is 21.5 Å². The van der Waals surface area contributed by atoms with Gasteiger partial charge in [0.1, 0.15) is 9.83 Å². The smallest absolute Gasteiger partial charge is 0.254 e. The van der Waals surface area contributed by atoms with E-state index >= 15 is 0 Å². The van der Waals surface area contributed by atoms with Crippen molar-refractivity contribution >= 4 is 38.1 Å². The maximum absolute atomic E-state index is 13.1. The molecule has 0 aliphatic carbocycles. The Morgan fingerprint density at radius 2 is 1.96 bits per heavy atom. The molecule has 0 atom stereocenters. The molecule has 1 aliphatic rings. The van der Waals surface area contributed by atoms with Gasteiger partial charge in [-0.05, 0) is 35.7 Å². The molecule has 6 nitrogen and oxygen atoms in total. The van der Waals surface area contributed by atoms with Crippen molar-refractivity contribution in [1.82, 2.24) is 24.6 Å². The molecular formula is C17H12FN5OS2. The molecule has 9 heteroatoms. The number of nitrogens with zero attached hydrogens (tertiary/aromatic N) is 5. The molecule has 0 radical (unpaired) electrons. The highest BCUT2D eigenvalue weighted by Crippen LogP contribution is 2.33. The van der Waals surface area contributed by atoms with Crippen LogP contribution in [0, 0.1) is 5.82 Å². The lowest BCUT2D eigenvalue weighted by molar-refractivity contribution is 0.0708. The van der Waals surface area contributed by atoms with E-state index in [0.717, 1.165) is 22.2 Å². The van der Waals surface area contributed by atoms with E-state index in [-0.39, 0.29) is 11.7 Å². The van der Waals surface area contributed by atoms with E-state index in [9.17, 15) is 9.18 Å². The van der Waals surface area contributed by atoms with Crippen molar-refractivity contribution < 1.29 is 9.18 Å². The van der Waals surface area contributed by atoms with Gasteiger partial charge < -0.3 is 9.47 Å². The standard InChI is InChI=1S/C17H12FN5OS2/c18-11-3-1-10(2-4-11)16(24)22-6-7-23-13(9-22)20-21-14(23)15-19-12-5-8-25-17(12)26-15/h1-5,8H,6-7,9H2. The van der Waals surface area contributed by atoms with Gasteiger partial charge in [0.25, 0.3) is 5.91 Å². The number of fused-ring (bicyclic) bond motifs is 2. The Morgan fingerprint density at radius 1 is 1.12 bits per heavy atom. The summed E-state index contributed by atoms with van der Waals surface area (Å²) in [5.41, 5.74) is 1.45. The molecule has 4 aromatic rings. The molecule has 0 fully saturated rings. The fourth-order valence-electron chi connectivity index (χ4n) is 3.03. The van der Waals surface area contributed by atoms with Crippen LogP contribution in [0.3, 0.4) is 0 Å². The predicted molar refractivity (Wildman–Crippen MR) is 97.7 cm³/mol. The number of benzene rings is 1. The van der Waals surface area contributed by atoms with Gasteiger partial charge in [-0.1, -0.05) is 11.3 Å². The van der Waals surface area contributed by atoms with Crippen LogP contribution in [0.4, 0.5) is 4.39 Å². The minimum atomic E-state index is -0.354. The Balaban J connectivity index is 1.42. The number of hydrogen-bond donors (Lipinski definition) is 0. The summed E-state index contributed by atoms with van der Waals surface area (Å²) in [4.78, 5) is 19.0. The van der Waals surface area contributed by atoms with Crippen LogP contribution >= 0.6 is 22.7 Å². The first-order chi connectivity index (χ1) is 12.7. The zero-order chi connectivity index (χ0) is 17.7. The number of amides is 1. The monoisotopic (exact) mass is 385 g/mol. The van der Waals surface area contributed by atoms with E-state index in [1.54, 1.807) is 27.6 Å². The molecule has 26 heavy (non-hydrogen) atoms. The molecular weight excluding hydrogens is 373 g/mol. The lowest BCUT2D eigenvalue weighted by Crippen LogP contribution is -2.38. The first kappa shape index (κ1) is 15.6. The van der Waals surface area contributed by atoms with Crippen molar-refractivity contribution in [2.75, 3.05) is 6.54 Å². The van der Waals surface area contributed by atoms with Crippen molar-refractivity contribution in [3.05, 3.63) is 52.9 Å². The number of carbonyl (C=O) groups is 1. The fourth-order valence-corrected chi connectivity index (χ4v) is 4.96. The molecule has 1 aromatic carbocycles. The number of carbonyl (C=O) groups excluding carboxylic acids is 1. The van der Waals surface area contributed by atoms with Crippen LogP contribution in [-0.4, -0.2) is 37.1 Å². The third kappa shape index (κ3) is 2.51. The van der Waals surface area contributed by atoms with Gasteiger partial charge in [0, 0.05) is 18.7 Å². The zero-order valence-corrected chi connectivity index (χ0v) is 15.1. The molecule has 0 unspecified atom stereocenters. The second-order valence-electron chi connectivity index (χ2n) is 5.94. The Hall–Kier alpha value is -2.65. The average molecular weight is 385 g/mol. The lowest BCUT2D eigenvalue weighted by atomic mass is 10.2. The first-order valence-electron chi connectivity index (χ1n) is 8.00. The molecule has 0 N–H and O–H groups in total. The van der Waals surface area contributed by atoms with Crippen LogP contribution in [0.15, 0.2) is 35.7 Å². The number of thiophene rings is 1. The molecule has 5 rings (SSSR count). The van der Waals surface area contributed by atoms with Crippen molar-refractivity contribution in [2.24, 2.45) is 0 Å². The van der Waals surface area contributed by atoms with Crippen molar-refractivity contribution in [1.29, 1.82) is 0 Å². The van der Waals surface area contributed by atoms with Crippen molar-refractivity contribution in [3.8, 4) is 10.8 Å². The van der Waals surface area contributed by atoms with E-state index in [4.69, 9.17) is 0 Å². The van der Waals surface area contributed by atoms with Crippen molar-refractivity contribution in [2.45, 2.75) is 13.1 Å². The SMILES string of the molecule is O=C(c1ccc(F)cc1)N1CCn2c(nnc2-c2nc3ccsc3s2)C1. The van der Waals surface area contributed by atoms with Gasteiger partial charge in [0.05, 0.1) is 12.1 Å². The summed E-state index contributed by atoms with van der Waals surface area (Å²) in [5.74, 6) is 1.01. The normalized spacial score (nSPS) is 14.0. The molecule has 1 amide bonds. The van der Waals surface area contributed by atoms with Crippen molar-refractivity contribution in [3.63, 3.8) is 0 Å². The Morgan fingerprint density at radius 3 is 2.77 bits per heavy atom. The minimum absolute atomic E-state index is 0.129. The summed E-state index contributed by atoms with van der Waals surface area (Å²) in [6, 6.07) is 7.60. The van der Waals surface area contributed by atoms with E-state index in [1.165, 1.54) is 28.3 Å². The van der Waals surface area contributed by atoms with Crippen LogP contribution in [0.25, 0.3) is 20.4 Å². The van der Waals surface area contributed by atoms with Gasteiger partial charge in [0.2, 0.25) is 0 Å². The van der Waals surface area contributed by atoms with Crippen LogP contribution < -0.4 is 0 Å².